The topological polar surface area (TPSA) is 43.4 Å². The molecule has 0 heterocycles. The van der Waals surface area contributed by atoms with Crippen molar-refractivity contribution in [1.82, 2.24) is 0 Å². The zero-order valence-electron chi connectivity index (χ0n) is 7.65. The van der Waals surface area contributed by atoms with Crippen molar-refractivity contribution >= 4 is 10.1 Å². The molecule has 1 aromatic rings. The summed E-state index contributed by atoms with van der Waals surface area (Å²) >= 11 is 0. The van der Waals surface area contributed by atoms with E-state index in [1.807, 2.05) is 6.92 Å². The number of aryl methyl sites for hydroxylation is 1. The quantitative estimate of drug-likeness (QED) is 0.701. The minimum Gasteiger partial charge on any atom is -0.267 e. The van der Waals surface area contributed by atoms with Crippen LogP contribution < -0.4 is 0 Å². The van der Waals surface area contributed by atoms with Gasteiger partial charge in [0.25, 0.3) is 10.1 Å². The number of benzene rings is 1. The summed E-state index contributed by atoms with van der Waals surface area (Å²) in [5.74, 6) is 0. The Balaban J connectivity index is 3.02. The first kappa shape index (κ1) is 10.2. The van der Waals surface area contributed by atoms with E-state index in [-0.39, 0.29) is 11.5 Å². The molecule has 0 saturated carbocycles. The first-order valence-corrected chi connectivity index (χ1v) is 5.43. The van der Waals surface area contributed by atoms with Gasteiger partial charge in [-0.25, -0.2) is 0 Å². The Morgan fingerprint density at radius 3 is 2.23 bits per heavy atom. The van der Waals surface area contributed by atoms with Gasteiger partial charge in [-0.15, -0.1) is 0 Å². The second-order valence-corrected chi connectivity index (χ2v) is 4.29. The first-order chi connectivity index (χ1) is 6.06. The van der Waals surface area contributed by atoms with E-state index >= 15 is 0 Å². The summed E-state index contributed by atoms with van der Waals surface area (Å²) in [5, 5.41) is 0. The van der Waals surface area contributed by atoms with Crippen molar-refractivity contribution in [2.75, 3.05) is 6.61 Å². The third-order valence-electron chi connectivity index (χ3n) is 1.58. The van der Waals surface area contributed by atoms with Crippen molar-refractivity contribution in [3.63, 3.8) is 0 Å². The Bertz CT molecular complexity index is 364. The van der Waals surface area contributed by atoms with Gasteiger partial charge in [0.2, 0.25) is 0 Å². The molecule has 0 aromatic heterocycles. The molecule has 0 aliphatic carbocycles. The summed E-state index contributed by atoms with van der Waals surface area (Å²) in [5.41, 5.74) is 1.02. The Morgan fingerprint density at radius 1 is 1.23 bits per heavy atom. The highest BCUT2D eigenvalue weighted by Crippen LogP contribution is 2.12. The highest BCUT2D eigenvalue weighted by molar-refractivity contribution is 7.86. The minimum absolute atomic E-state index is 0.163. The van der Waals surface area contributed by atoms with Crippen LogP contribution >= 0.6 is 0 Å². The van der Waals surface area contributed by atoms with Crippen LogP contribution in [0.3, 0.4) is 0 Å². The van der Waals surface area contributed by atoms with Crippen molar-refractivity contribution in [2.45, 2.75) is 18.7 Å². The molecular formula is C9H12O3S. The highest BCUT2D eigenvalue weighted by Gasteiger charge is 2.12. The molecular weight excluding hydrogens is 190 g/mol. The fourth-order valence-corrected chi connectivity index (χ4v) is 1.84. The lowest BCUT2D eigenvalue weighted by molar-refractivity contribution is 0.338. The van der Waals surface area contributed by atoms with Crippen LogP contribution in [0.1, 0.15) is 12.5 Å². The van der Waals surface area contributed by atoms with Crippen molar-refractivity contribution in [1.29, 1.82) is 0 Å². The van der Waals surface area contributed by atoms with Crippen molar-refractivity contribution < 1.29 is 12.6 Å². The number of rotatable bonds is 3. The van der Waals surface area contributed by atoms with Gasteiger partial charge in [0.1, 0.15) is 0 Å². The molecule has 0 saturated heterocycles. The molecule has 0 N–H and O–H groups in total. The summed E-state index contributed by atoms with van der Waals surface area (Å²) in [4.78, 5) is 0.208. The molecule has 1 aromatic carbocycles. The average molecular weight is 202 g/mol. The van der Waals surface area contributed by atoms with E-state index in [2.05, 4.69) is 4.18 Å². The van der Waals surface area contributed by atoms with E-state index in [9.17, 15) is 8.42 Å². The molecule has 3 nitrogen and oxygen atoms in total. The largest absolute Gasteiger partial charge is 0.296 e. The van der Waals surface area contributed by atoms with E-state index in [1.54, 1.807) is 31.2 Å². The molecule has 0 aliphatic rings. The highest BCUT2D eigenvalue weighted by atomic mass is 32.2. The summed E-state index contributed by atoms with van der Waals surface area (Å²) < 4.78 is 27.3. The predicted octanol–water partition coefficient (Wildman–Crippen LogP) is 1.72. The maximum Gasteiger partial charge on any atom is 0.296 e. The normalized spacial score (nSPS) is 11.5. The molecule has 0 bridgehead atoms. The molecule has 0 spiro atoms. The van der Waals surface area contributed by atoms with Crippen LogP contribution in [-0.4, -0.2) is 15.0 Å². The maximum atomic E-state index is 11.3. The number of hydrogen-bond acceptors (Lipinski definition) is 3. The third kappa shape index (κ3) is 2.54. The second kappa shape index (κ2) is 3.89. The van der Waals surface area contributed by atoms with Gasteiger partial charge in [-0.05, 0) is 26.0 Å². The van der Waals surface area contributed by atoms with Crippen LogP contribution in [0.5, 0.6) is 0 Å². The first-order valence-electron chi connectivity index (χ1n) is 4.02. The maximum absolute atomic E-state index is 11.3. The van der Waals surface area contributed by atoms with Gasteiger partial charge in [0.15, 0.2) is 0 Å². The van der Waals surface area contributed by atoms with Gasteiger partial charge in [-0.2, -0.15) is 8.42 Å². The molecule has 72 valence electrons. The van der Waals surface area contributed by atoms with Crippen LogP contribution in [0.15, 0.2) is 29.2 Å². The fourth-order valence-electron chi connectivity index (χ4n) is 0.928. The van der Waals surface area contributed by atoms with E-state index < -0.39 is 10.1 Å². The van der Waals surface area contributed by atoms with Gasteiger partial charge < -0.3 is 0 Å². The van der Waals surface area contributed by atoms with Crippen LogP contribution in [0.4, 0.5) is 0 Å². The molecule has 0 radical (unpaired) electrons. The van der Waals surface area contributed by atoms with Crippen LogP contribution in [-0.2, 0) is 14.3 Å². The van der Waals surface area contributed by atoms with E-state index in [0.29, 0.717) is 0 Å². The smallest absolute Gasteiger partial charge is 0.267 e. The number of hydrogen-bond donors (Lipinski definition) is 0. The lowest BCUT2D eigenvalue weighted by Gasteiger charge is -2.02. The molecule has 0 fully saturated rings. The Morgan fingerprint density at radius 2 is 1.77 bits per heavy atom. The molecule has 0 aliphatic heterocycles. The molecule has 4 heteroatoms. The van der Waals surface area contributed by atoms with E-state index in [4.69, 9.17) is 0 Å². The monoisotopic (exact) mass is 202 g/mol. The van der Waals surface area contributed by atoms with Crippen molar-refractivity contribution in [3.05, 3.63) is 29.8 Å². The van der Waals surface area contributed by atoms with E-state index in [1.165, 1.54) is 0 Å². The predicted molar refractivity (Wildman–Crippen MR) is 50.0 cm³/mol. The lowest BCUT2D eigenvalue weighted by atomic mass is 10.2. The second-order valence-electron chi connectivity index (χ2n) is 2.67. The zero-order valence-corrected chi connectivity index (χ0v) is 8.47. The van der Waals surface area contributed by atoms with Crippen molar-refractivity contribution in [3.8, 4) is 0 Å². The summed E-state index contributed by atoms with van der Waals surface area (Å²) in [7, 11) is -3.53. The molecule has 0 atom stereocenters. The standard InChI is InChI=1S/C9H12O3S/c1-3-12-13(10,11)9-6-4-8(2)5-7-9/h4-7H,3H2,1-2H3/i3+2. The van der Waals surface area contributed by atoms with Crippen molar-refractivity contribution in [2.24, 2.45) is 0 Å². The van der Waals surface area contributed by atoms with Gasteiger partial charge in [0.05, 0.1) is 11.5 Å². The van der Waals surface area contributed by atoms with Crippen LogP contribution in [0, 0.1) is 6.92 Å². The Kier molecular flexibility index (Phi) is 3.06. The SMILES string of the molecule is C[14CH2]OS(=O)(=O)c1ccc(C)cc1. The van der Waals surface area contributed by atoms with E-state index in [0.717, 1.165) is 5.56 Å². The zero-order chi connectivity index (χ0) is 9.90. The Labute approximate surface area is 78.5 Å². The van der Waals surface area contributed by atoms with Gasteiger partial charge in [-0.3, -0.25) is 4.18 Å². The fraction of sp³-hybridized carbons (Fsp3) is 0.333. The van der Waals surface area contributed by atoms with Gasteiger partial charge in [-0.1, -0.05) is 17.7 Å². The Hall–Kier alpha value is -0.870. The lowest BCUT2D eigenvalue weighted by Crippen LogP contribution is -2.05. The summed E-state index contributed by atoms with van der Waals surface area (Å²) in [6, 6.07) is 6.57. The molecule has 1 rings (SSSR count). The average Bonchev–Trinajstić information content (AvgIpc) is 2.05. The van der Waals surface area contributed by atoms with Gasteiger partial charge >= 0.3 is 0 Å². The molecule has 0 amide bonds. The van der Waals surface area contributed by atoms with Crippen LogP contribution in [0.2, 0.25) is 0 Å². The minimum atomic E-state index is -3.53. The summed E-state index contributed by atoms with van der Waals surface area (Å²) in [6.45, 7) is 3.71. The van der Waals surface area contributed by atoms with Gasteiger partial charge in [0, 0.05) is 0 Å². The molecule has 13 heavy (non-hydrogen) atoms. The van der Waals surface area contributed by atoms with Crippen LogP contribution in [0.25, 0.3) is 0 Å². The summed E-state index contributed by atoms with van der Waals surface area (Å²) in [6.07, 6.45) is 0. The molecule has 0 unspecified atom stereocenters. The third-order valence-corrected chi connectivity index (χ3v) is 2.98.